The van der Waals surface area contributed by atoms with E-state index in [9.17, 15) is 4.79 Å². The summed E-state index contributed by atoms with van der Waals surface area (Å²) >= 11 is 0. The van der Waals surface area contributed by atoms with E-state index in [1.165, 1.54) is 0 Å². The molecule has 0 amide bonds. The summed E-state index contributed by atoms with van der Waals surface area (Å²) in [4.78, 5) is 11.1. The molecule has 0 fully saturated rings. The number of rotatable bonds is 3. The van der Waals surface area contributed by atoms with E-state index in [0.29, 0.717) is 6.42 Å². The fraction of sp³-hybridized carbons (Fsp3) is 0.500. The van der Waals surface area contributed by atoms with Gasteiger partial charge in [0.05, 0.1) is 13.5 Å². The third-order valence-electron chi connectivity index (χ3n) is 3.79. The van der Waals surface area contributed by atoms with Crippen molar-refractivity contribution in [3.63, 3.8) is 0 Å². The lowest BCUT2D eigenvalue weighted by atomic mass is 9.79. The molecule has 1 aliphatic rings. The molecule has 0 saturated heterocycles. The summed E-state index contributed by atoms with van der Waals surface area (Å²) in [6.07, 6.45) is 0.717. The molecule has 1 aliphatic carbocycles. The minimum absolute atomic E-state index is 0. The van der Waals surface area contributed by atoms with Gasteiger partial charge in [-0.15, -0.1) is 12.4 Å². The van der Waals surface area contributed by atoms with Crippen LogP contribution < -0.4 is 10.5 Å². The van der Waals surface area contributed by atoms with Gasteiger partial charge in [-0.1, -0.05) is 13.0 Å². The molecule has 0 spiro atoms. The van der Waals surface area contributed by atoms with Crippen molar-refractivity contribution < 1.29 is 14.6 Å². The van der Waals surface area contributed by atoms with Crippen molar-refractivity contribution in [3.8, 4) is 5.75 Å². The first-order valence-electron chi connectivity index (χ1n) is 5.98. The Morgan fingerprint density at radius 2 is 2.05 bits per heavy atom. The topological polar surface area (TPSA) is 72.5 Å². The fourth-order valence-corrected chi connectivity index (χ4v) is 3.14. The zero-order chi connectivity index (χ0) is 13.6. The Kier molecular flexibility index (Phi) is 4.17. The molecule has 5 heteroatoms. The largest absolute Gasteiger partial charge is 0.497 e. The second-order valence-corrected chi connectivity index (χ2v) is 5.64. The third-order valence-corrected chi connectivity index (χ3v) is 3.79. The maximum atomic E-state index is 11.1. The number of carboxylic acid groups (broad SMARTS) is 1. The zero-order valence-corrected chi connectivity index (χ0v) is 12.2. The van der Waals surface area contributed by atoms with Crippen molar-refractivity contribution in [3.05, 3.63) is 29.3 Å². The maximum absolute atomic E-state index is 11.1. The molecule has 1 aromatic carbocycles. The molecule has 2 rings (SSSR count). The summed E-state index contributed by atoms with van der Waals surface area (Å²) in [6.45, 7) is 3.91. The normalized spacial score (nSPS) is 28.4. The van der Waals surface area contributed by atoms with Crippen molar-refractivity contribution in [2.24, 2.45) is 5.73 Å². The molecule has 4 nitrogen and oxygen atoms in total. The molecule has 0 bridgehead atoms. The van der Waals surface area contributed by atoms with E-state index in [2.05, 4.69) is 0 Å². The first-order chi connectivity index (χ1) is 8.28. The van der Waals surface area contributed by atoms with Gasteiger partial charge in [0.2, 0.25) is 0 Å². The van der Waals surface area contributed by atoms with Gasteiger partial charge in [0.1, 0.15) is 5.75 Å². The highest BCUT2D eigenvalue weighted by molar-refractivity contribution is 5.85. The summed E-state index contributed by atoms with van der Waals surface area (Å²) in [5.74, 6) is -0.0629. The number of hydrogen-bond acceptors (Lipinski definition) is 3. The van der Waals surface area contributed by atoms with Crippen molar-refractivity contribution in [1.29, 1.82) is 0 Å². The van der Waals surface area contributed by atoms with E-state index in [1.807, 2.05) is 32.0 Å². The van der Waals surface area contributed by atoms with Gasteiger partial charge in [-0.3, -0.25) is 4.79 Å². The van der Waals surface area contributed by atoms with Crippen LogP contribution in [0.25, 0.3) is 0 Å². The average molecular weight is 286 g/mol. The summed E-state index contributed by atoms with van der Waals surface area (Å²) in [6, 6.07) is 5.73. The van der Waals surface area contributed by atoms with Gasteiger partial charge in [0.15, 0.2) is 0 Å². The number of carboxylic acids is 1. The van der Waals surface area contributed by atoms with E-state index in [-0.39, 0.29) is 18.8 Å². The molecule has 0 aliphatic heterocycles. The molecule has 0 saturated carbocycles. The van der Waals surface area contributed by atoms with Crippen LogP contribution >= 0.6 is 12.4 Å². The van der Waals surface area contributed by atoms with Crippen molar-refractivity contribution in [2.75, 3.05) is 7.11 Å². The standard InChI is InChI=1S/C14H19NO3.ClH/c1-13(7-12(16)17)8-14(2,15)10-5-4-9(18-3)6-11(10)13;/h4-6H,7-8,15H2,1-3H3,(H,16,17);1H. The molecule has 2 unspecified atom stereocenters. The Hall–Kier alpha value is -1.26. The molecule has 0 radical (unpaired) electrons. The van der Waals surface area contributed by atoms with Crippen LogP contribution in [0.4, 0.5) is 0 Å². The molecule has 2 atom stereocenters. The Bertz CT molecular complexity index is 501. The second-order valence-electron chi connectivity index (χ2n) is 5.64. The lowest BCUT2D eigenvalue weighted by Crippen LogP contribution is -2.33. The number of hydrogen-bond donors (Lipinski definition) is 2. The van der Waals surface area contributed by atoms with Crippen molar-refractivity contribution in [2.45, 2.75) is 37.6 Å². The van der Waals surface area contributed by atoms with Crippen LogP contribution in [-0.4, -0.2) is 18.2 Å². The molecule has 106 valence electrons. The van der Waals surface area contributed by atoms with Gasteiger partial charge in [0, 0.05) is 11.0 Å². The van der Waals surface area contributed by atoms with E-state index < -0.39 is 16.9 Å². The van der Waals surface area contributed by atoms with Gasteiger partial charge >= 0.3 is 5.97 Å². The number of nitrogens with two attached hydrogens (primary N) is 1. The molecule has 19 heavy (non-hydrogen) atoms. The number of carbonyl (C=O) groups is 1. The van der Waals surface area contributed by atoms with Crippen molar-refractivity contribution >= 4 is 18.4 Å². The van der Waals surface area contributed by atoms with Crippen LogP contribution in [0.2, 0.25) is 0 Å². The smallest absolute Gasteiger partial charge is 0.304 e. The van der Waals surface area contributed by atoms with Gasteiger partial charge in [-0.2, -0.15) is 0 Å². The van der Waals surface area contributed by atoms with Crippen LogP contribution in [0.15, 0.2) is 18.2 Å². The van der Waals surface area contributed by atoms with Crippen LogP contribution in [0.5, 0.6) is 5.75 Å². The molecular weight excluding hydrogens is 266 g/mol. The predicted octanol–water partition coefficient (Wildman–Crippen LogP) is 2.43. The minimum Gasteiger partial charge on any atom is -0.497 e. The molecule has 0 heterocycles. The minimum atomic E-state index is -0.802. The fourth-order valence-electron chi connectivity index (χ4n) is 3.14. The molecule has 1 aromatic rings. The second kappa shape index (κ2) is 5.02. The SMILES string of the molecule is COc1ccc2c(c1)C(C)(CC(=O)O)CC2(C)N.Cl. The number of halogens is 1. The number of aliphatic carboxylic acids is 1. The van der Waals surface area contributed by atoms with E-state index in [0.717, 1.165) is 16.9 Å². The van der Waals surface area contributed by atoms with Crippen LogP contribution in [0, 0.1) is 0 Å². The highest BCUT2D eigenvalue weighted by Gasteiger charge is 2.46. The highest BCUT2D eigenvalue weighted by atomic mass is 35.5. The zero-order valence-electron chi connectivity index (χ0n) is 11.4. The Balaban J connectivity index is 0.00000180. The number of methoxy groups -OCH3 is 1. The number of ether oxygens (including phenoxy) is 1. The monoisotopic (exact) mass is 285 g/mol. The lowest BCUT2D eigenvalue weighted by molar-refractivity contribution is -0.138. The lowest BCUT2D eigenvalue weighted by Gasteiger charge is -2.25. The van der Waals surface area contributed by atoms with Crippen molar-refractivity contribution in [1.82, 2.24) is 0 Å². The number of fused-ring (bicyclic) bond motifs is 1. The molecule has 3 N–H and O–H groups in total. The Morgan fingerprint density at radius 1 is 1.42 bits per heavy atom. The van der Waals surface area contributed by atoms with E-state index >= 15 is 0 Å². The molecule has 0 aromatic heterocycles. The first-order valence-corrected chi connectivity index (χ1v) is 5.98. The number of benzene rings is 1. The third kappa shape index (κ3) is 2.69. The quantitative estimate of drug-likeness (QED) is 0.895. The predicted molar refractivity (Wildman–Crippen MR) is 76.0 cm³/mol. The van der Waals surface area contributed by atoms with Gasteiger partial charge in [0.25, 0.3) is 0 Å². The van der Waals surface area contributed by atoms with Gasteiger partial charge < -0.3 is 15.6 Å². The Labute approximate surface area is 119 Å². The average Bonchev–Trinajstić information content (AvgIpc) is 2.44. The first kappa shape index (κ1) is 15.8. The van der Waals surface area contributed by atoms with Crippen LogP contribution in [-0.2, 0) is 15.7 Å². The summed E-state index contributed by atoms with van der Waals surface area (Å²) < 4.78 is 5.22. The van der Waals surface area contributed by atoms with E-state index in [1.54, 1.807) is 7.11 Å². The maximum Gasteiger partial charge on any atom is 0.304 e. The summed E-state index contributed by atoms with van der Waals surface area (Å²) in [5, 5.41) is 9.09. The Morgan fingerprint density at radius 3 is 2.58 bits per heavy atom. The van der Waals surface area contributed by atoms with Crippen LogP contribution in [0.1, 0.15) is 37.8 Å². The highest BCUT2D eigenvalue weighted by Crippen LogP contribution is 2.49. The van der Waals surface area contributed by atoms with Gasteiger partial charge in [-0.05, 0) is 36.6 Å². The molecular formula is C14H20ClNO3. The summed E-state index contributed by atoms with van der Waals surface area (Å²) in [7, 11) is 1.60. The van der Waals surface area contributed by atoms with Gasteiger partial charge in [-0.25, -0.2) is 0 Å². The summed E-state index contributed by atoms with van der Waals surface area (Å²) in [5.41, 5.74) is 7.40. The van der Waals surface area contributed by atoms with E-state index in [4.69, 9.17) is 15.6 Å². The van der Waals surface area contributed by atoms with Crippen LogP contribution in [0.3, 0.4) is 0 Å².